The molecule has 1 saturated heterocycles. The van der Waals surface area contributed by atoms with Crippen LogP contribution in [0.5, 0.6) is 0 Å². The van der Waals surface area contributed by atoms with Gasteiger partial charge in [-0.3, -0.25) is 4.90 Å². The van der Waals surface area contributed by atoms with Gasteiger partial charge in [0.15, 0.2) is 0 Å². The smallest absolute Gasteiger partial charge is 0.137 e. The second-order valence-corrected chi connectivity index (χ2v) is 6.08. The van der Waals surface area contributed by atoms with E-state index in [4.69, 9.17) is 0 Å². The molecule has 2 aromatic rings. The van der Waals surface area contributed by atoms with Crippen LogP contribution < -0.4 is 0 Å². The van der Waals surface area contributed by atoms with Crippen molar-refractivity contribution in [2.45, 2.75) is 58.2 Å². The highest BCUT2D eigenvalue weighted by molar-refractivity contribution is 5.42. The Balaban J connectivity index is 1.87. The highest BCUT2D eigenvalue weighted by Crippen LogP contribution is 2.24. The molecule has 0 amide bonds. The fourth-order valence-corrected chi connectivity index (χ4v) is 3.47. The van der Waals surface area contributed by atoms with E-state index in [1.54, 1.807) is 0 Å². The summed E-state index contributed by atoms with van der Waals surface area (Å²) in [6.07, 6.45) is 6.25. The monoisotopic (exact) mass is 287 g/mol. The van der Waals surface area contributed by atoms with Crippen LogP contribution in [0.4, 0.5) is 0 Å². The minimum Gasteiger partial charge on any atom is -0.392 e. The summed E-state index contributed by atoms with van der Waals surface area (Å²) in [5.74, 6) is 0. The first kappa shape index (κ1) is 14.5. The van der Waals surface area contributed by atoms with Gasteiger partial charge in [0.25, 0.3) is 0 Å². The Labute approximate surface area is 126 Å². The van der Waals surface area contributed by atoms with Gasteiger partial charge in [0.1, 0.15) is 5.65 Å². The lowest BCUT2D eigenvalue weighted by atomic mass is 9.95. The summed E-state index contributed by atoms with van der Waals surface area (Å²) >= 11 is 0. The molecule has 2 aromatic heterocycles. The quantitative estimate of drug-likeness (QED) is 0.940. The van der Waals surface area contributed by atoms with E-state index in [9.17, 15) is 5.11 Å². The predicted octanol–water partition coefficient (Wildman–Crippen LogP) is 2.77. The van der Waals surface area contributed by atoms with Crippen LogP contribution >= 0.6 is 0 Å². The van der Waals surface area contributed by atoms with Gasteiger partial charge in [-0.2, -0.15) is 0 Å². The van der Waals surface area contributed by atoms with Gasteiger partial charge in [0.2, 0.25) is 0 Å². The van der Waals surface area contributed by atoms with Gasteiger partial charge in [-0.05, 0) is 44.9 Å². The zero-order chi connectivity index (χ0) is 14.8. The molecule has 0 bridgehead atoms. The number of hydrogen-bond acceptors (Lipinski definition) is 3. The van der Waals surface area contributed by atoms with Gasteiger partial charge in [0, 0.05) is 18.8 Å². The zero-order valence-corrected chi connectivity index (χ0v) is 13.0. The lowest BCUT2D eigenvalue weighted by Gasteiger charge is -2.38. The summed E-state index contributed by atoms with van der Waals surface area (Å²) in [5.41, 5.74) is 3.35. The Hall–Kier alpha value is -1.39. The second-order valence-electron chi connectivity index (χ2n) is 6.08. The topological polar surface area (TPSA) is 40.8 Å². The lowest BCUT2D eigenvalue weighted by Crippen LogP contribution is -2.46. The van der Waals surface area contributed by atoms with Crippen LogP contribution in [0.2, 0.25) is 0 Å². The molecule has 1 fully saturated rings. The standard InChI is InChI=1S/C17H25N3O/c1-3-16(21)14-8-4-6-10-19(14)12-15-13(2)18-17-9-5-7-11-20(15)17/h5,7,9,11,14,16,21H,3-4,6,8,10,12H2,1-2H3/t14-,16-/m0/s1. The zero-order valence-electron chi connectivity index (χ0n) is 13.0. The number of aryl methyl sites for hydroxylation is 1. The Bertz CT molecular complexity index is 607. The average Bonchev–Trinajstić information content (AvgIpc) is 2.83. The minimum absolute atomic E-state index is 0.218. The Morgan fingerprint density at radius 2 is 2.24 bits per heavy atom. The first-order valence-electron chi connectivity index (χ1n) is 8.05. The van der Waals surface area contributed by atoms with Crippen molar-refractivity contribution in [2.75, 3.05) is 6.54 Å². The first-order chi connectivity index (χ1) is 10.2. The highest BCUT2D eigenvalue weighted by Gasteiger charge is 2.28. The molecule has 0 aromatic carbocycles. The molecule has 0 spiro atoms. The summed E-state index contributed by atoms with van der Waals surface area (Å²) in [4.78, 5) is 7.09. The maximum absolute atomic E-state index is 10.3. The van der Waals surface area contributed by atoms with E-state index in [1.165, 1.54) is 18.5 Å². The number of pyridine rings is 1. The average molecular weight is 287 g/mol. The molecule has 114 valence electrons. The number of aliphatic hydroxyl groups excluding tert-OH is 1. The normalized spacial score (nSPS) is 21.8. The van der Waals surface area contributed by atoms with Gasteiger partial charge >= 0.3 is 0 Å². The summed E-state index contributed by atoms with van der Waals surface area (Å²) in [5, 5.41) is 10.3. The van der Waals surface area contributed by atoms with Gasteiger partial charge in [-0.1, -0.05) is 19.4 Å². The molecule has 4 nitrogen and oxygen atoms in total. The largest absolute Gasteiger partial charge is 0.392 e. The van der Waals surface area contributed by atoms with E-state index in [0.717, 1.165) is 37.3 Å². The number of piperidine rings is 1. The van der Waals surface area contributed by atoms with Crippen molar-refractivity contribution < 1.29 is 5.11 Å². The van der Waals surface area contributed by atoms with Crippen molar-refractivity contribution >= 4 is 5.65 Å². The number of nitrogens with zero attached hydrogens (tertiary/aromatic N) is 3. The van der Waals surface area contributed by atoms with Crippen LogP contribution in [0.25, 0.3) is 5.65 Å². The number of likely N-dealkylation sites (tertiary alicyclic amines) is 1. The van der Waals surface area contributed by atoms with Crippen LogP contribution in [0.3, 0.4) is 0 Å². The van der Waals surface area contributed by atoms with Gasteiger partial charge in [-0.15, -0.1) is 0 Å². The van der Waals surface area contributed by atoms with Crippen molar-refractivity contribution in [1.29, 1.82) is 0 Å². The van der Waals surface area contributed by atoms with E-state index < -0.39 is 0 Å². The molecular formula is C17H25N3O. The van der Waals surface area contributed by atoms with Crippen LogP contribution in [0, 0.1) is 6.92 Å². The summed E-state index contributed by atoms with van der Waals surface area (Å²) in [6, 6.07) is 6.41. The Morgan fingerprint density at radius 3 is 3.05 bits per heavy atom. The Morgan fingerprint density at radius 1 is 1.38 bits per heavy atom. The van der Waals surface area contributed by atoms with E-state index in [2.05, 4.69) is 34.3 Å². The third-order valence-corrected chi connectivity index (χ3v) is 4.71. The third kappa shape index (κ3) is 2.83. The van der Waals surface area contributed by atoms with Crippen LogP contribution in [0.15, 0.2) is 24.4 Å². The fraction of sp³-hybridized carbons (Fsp3) is 0.588. The molecule has 1 N–H and O–H groups in total. The van der Waals surface area contributed by atoms with Crippen LogP contribution in [-0.4, -0.2) is 38.1 Å². The molecule has 1 aliphatic rings. The van der Waals surface area contributed by atoms with E-state index in [0.29, 0.717) is 0 Å². The third-order valence-electron chi connectivity index (χ3n) is 4.71. The van der Waals surface area contributed by atoms with Gasteiger partial charge in [-0.25, -0.2) is 4.98 Å². The van der Waals surface area contributed by atoms with E-state index in [-0.39, 0.29) is 12.1 Å². The molecule has 2 atom stereocenters. The number of rotatable bonds is 4. The molecule has 0 unspecified atom stereocenters. The van der Waals surface area contributed by atoms with Crippen molar-refractivity contribution in [1.82, 2.24) is 14.3 Å². The van der Waals surface area contributed by atoms with Crippen molar-refractivity contribution in [3.8, 4) is 0 Å². The van der Waals surface area contributed by atoms with Crippen molar-refractivity contribution in [3.05, 3.63) is 35.8 Å². The predicted molar refractivity (Wildman–Crippen MR) is 84.3 cm³/mol. The molecule has 21 heavy (non-hydrogen) atoms. The van der Waals surface area contributed by atoms with Crippen LogP contribution in [-0.2, 0) is 6.54 Å². The van der Waals surface area contributed by atoms with Crippen LogP contribution in [0.1, 0.15) is 44.0 Å². The number of aromatic nitrogens is 2. The van der Waals surface area contributed by atoms with E-state index >= 15 is 0 Å². The van der Waals surface area contributed by atoms with Crippen molar-refractivity contribution in [3.63, 3.8) is 0 Å². The molecule has 3 rings (SSSR count). The fourth-order valence-electron chi connectivity index (χ4n) is 3.47. The minimum atomic E-state index is -0.218. The van der Waals surface area contributed by atoms with Gasteiger partial charge in [0.05, 0.1) is 17.5 Å². The molecular weight excluding hydrogens is 262 g/mol. The Kier molecular flexibility index (Phi) is 4.27. The van der Waals surface area contributed by atoms with E-state index in [1.807, 2.05) is 18.2 Å². The lowest BCUT2D eigenvalue weighted by molar-refractivity contribution is 0.0187. The molecule has 0 aliphatic carbocycles. The molecule has 3 heterocycles. The molecule has 4 heteroatoms. The van der Waals surface area contributed by atoms with Crippen molar-refractivity contribution in [2.24, 2.45) is 0 Å². The summed E-state index contributed by atoms with van der Waals surface area (Å²) in [7, 11) is 0. The summed E-state index contributed by atoms with van der Waals surface area (Å²) < 4.78 is 2.18. The maximum atomic E-state index is 10.3. The van der Waals surface area contributed by atoms with Gasteiger partial charge < -0.3 is 9.51 Å². The SMILES string of the molecule is CC[C@H](O)[C@@H]1CCCCN1Cc1c(C)nc2ccccn12. The first-order valence-corrected chi connectivity index (χ1v) is 8.05. The molecule has 1 aliphatic heterocycles. The summed E-state index contributed by atoms with van der Waals surface area (Å²) in [6.45, 7) is 6.09. The number of hydrogen-bond donors (Lipinski definition) is 1. The number of fused-ring (bicyclic) bond motifs is 1. The number of aliphatic hydroxyl groups is 1. The molecule has 0 saturated carbocycles. The number of imidazole rings is 1. The second kappa shape index (κ2) is 6.16. The molecule has 0 radical (unpaired) electrons. The maximum Gasteiger partial charge on any atom is 0.137 e. The highest BCUT2D eigenvalue weighted by atomic mass is 16.3.